The lowest BCUT2D eigenvalue weighted by atomic mass is 10.1. The number of nitriles is 1. The summed E-state index contributed by atoms with van der Waals surface area (Å²) >= 11 is 0. The molecule has 2 aromatic carbocycles. The minimum atomic E-state index is -0.415. The number of anilines is 1. The molecule has 5 heteroatoms. The standard InChI is InChI=1S/C19H17N3O2/c1-14(23)21-18(13-16-5-3-2-4-6-16)19(24)22-17-9-7-15(8-10-17)11-12-20/h2-10,13H,11H2,1H3,(H,21,23)(H,22,24)/b18-13+. The van der Waals surface area contributed by atoms with Crippen molar-refractivity contribution in [2.75, 3.05) is 5.32 Å². The third-order valence-corrected chi connectivity index (χ3v) is 3.16. The van der Waals surface area contributed by atoms with Gasteiger partial charge in [-0.05, 0) is 29.3 Å². The van der Waals surface area contributed by atoms with Crippen LogP contribution in [0.1, 0.15) is 18.1 Å². The van der Waals surface area contributed by atoms with E-state index < -0.39 is 5.91 Å². The zero-order chi connectivity index (χ0) is 17.4. The highest BCUT2D eigenvalue weighted by molar-refractivity contribution is 6.08. The SMILES string of the molecule is CC(=O)N/C(=C/c1ccccc1)C(=O)Nc1ccc(CC#N)cc1. The van der Waals surface area contributed by atoms with Crippen LogP contribution in [0.25, 0.3) is 6.08 Å². The number of benzene rings is 2. The van der Waals surface area contributed by atoms with E-state index >= 15 is 0 Å². The van der Waals surface area contributed by atoms with Crippen LogP contribution in [0.15, 0.2) is 60.3 Å². The summed E-state index contributed by atoms with van der Waals surface area (Å²) in [5, 5.41) is 13.9. The predicted octanol–water partition coefficient (Wildman–Crippen LogP) is 2.87. The lowest BCUT2D eigenvalue weighted by Crippen LogP contribution is -2.28. The van der Waals surface area contributed by atoms with Crippen molar-refractivity contribution in [3.8, 4) is 6.07 Å². The van der Waals surface area contributed by atoms with Gasteiger partial charge in [0.15, 0.2) is 0 Å². The average Bonchev–Trinajstić information content (AvgIpc) is 2.57. The topological polar surface area (TPSA) is 82.0 Å². The molecule has 2 N–H and O–H groups in total. The number of nitrogens with one attached hydrogen (secondary N) is 2. The number of hydrogen-bond acceptors (Lipinski definition) is 3. The molecule has 0 aliphatic carbocycles. The minimum absolute atomic E-state index is 0.162. The highest BCUT2D eigenvalue weighted by Crippen LogP contribution is 2.12. The Morgan fingerprint density at radius 1 is 1.08 bits per heavy atom. The molecular weight excluding hydrogens is 302 g/mol. The largest absolute Gasteiger partial charge is 0.322 e. The average molecular weight is 319 g/mol. The zero-order valence-electron chi connectivity index (χ0n) is 13.2. The lowest BCUT2D eigenvalue weighted by molar-refractivity contribution is -0.120. The van der Waals surface area contributed by atoms with Crippen molar-refractivity contribution in [1.82, 2.24) is 5.32 Å². The molecular formula is C19H17N3O2. The van der Waals surface area contributed by atoms with Gasteiger partial charge in [0.2, 0.25) is 5.91 Å². The van der Waals surface area contributed by atoms with Crippen molar-refractivity contribution in [3.05, 3.63) is 71.4 Å². The quantitative estimate of drug-likeness (QED) is 0.831. The first-order valence-electron chi connectivity index (χ1n) is 7.40. The number of carbonyl (C=O) groups is 2. The van der Waals surface area contributed by atoms with Gasteiger partial charge in [0.1, 0.15) is 5.70 Å². The normalized spacial score (nSPS) is 10.6. The monoisotopic (exact) mass is 319 g/mol. The summed E-state index contributed by atoms with van der Waals surface area (Å²) in [5.74, 6) is -0.737. The third-order valence-electron chi connectivity index (χ3n) is 3.16. The molecule has 2 amide bonds. The molecule has 0 saturated heterocycles. The fourth-order valence-corrected chi connectivity index (χ4v) is 2.06. The van der Waals surface area contributed by atoms with E-state index in [4.69, 9.17) is 5.26 Å². The van der Waals surface area contributed by atoms with Gasteiger partial charge in [0.25, 0.3) is 5.91 Å². The molecule has 120 valence electrons. The van der Waals surface area contributed by atoms with Crippen molar-refractivity contribution in [2.24, 2.45) is 0 Å². The van der Waals surface area contributed by atoms with Gasteiger partial charge in [0, 0.05) is 12.6 Å². The number of amides is 2. The molecule has 24 heavy (non-hydrogen) atoms. The van der Waals surface area contributed by atoms with Gasteiger partial charge in [0.05, 0.1) is 12.5 Å². The molecule has 0 spiro atoms. The van der Waals surface area contributed by atoms with E-state index in [0.717, 1.165) is 11.1 Å². The Morgan fingerprint density at radius 2 is 1.75 bits per heavy atom. The Labute approximate surface area is 140 Å². The van der Waals surface area contributed by atoms with Crippen molar-refractivity contribution in [3.63, 3.8) is 0 Å². The van der Waals surface area contributed by atoms with Crippen molar-refractivity contribution in [2.45, 2.75) is 13.3 Å². The van der Waals surface area contributed by atoms with Crippen LogP contribution in [0.3, 0.4) is 0 Å². The molecule has 0 aliphatic heterocycles. The number of hydrogen-bond donors (Lipinski definition) is 2. The molecule has 0 aliphatic rings. The van der Waals surface area contributed by atoms with Crippen LogP contribution in [0.4, 0.5) is 5.69 Å². The first kappa shape index (κ1) is 17.0. The number of carbonyl (C=O) groups excluding carboxylic acids is 2. The maximum Gasteiger partial charge on any atom is 0.272 e. The summed E-state index contributed by atoms with van der Waals surface area (Å²) in [6.45, 7) is 1.35. The molecule has 0 bridgehead atoms. The summed E-state index contributed by atoms with van der Waals surface area (Å²) in [6, 6.07) is 18.3. The summed E-state index contributed by atoms with van der Waals surface area (Å²) in [7, 11) is 0. The van der Waals surface area contributed by atoms with E-state index in [-0.39, 0.29) is 11.6 Å². The predicted molar refractivity (Wildman–Crippen MR) is 92.6 cm³/mol. The Hall–Kier alpha value is -3.39. The van der Waals surface area contributed by atoms with Gasteiger partial charge >= 0.3 is 0 Å². The van der Waals surface area contributed by atoms with Crippen molar-refractivity contribution in [1.29, 1.82) is 5.26 Å². The summed E-state index contributed by atoms with van der Waals surface area (Å²) in [4.78, 5) is 23.8. The van der Waals surface area contributed by atoms with Crippen LogP contribution in [0, 0.1) is 11.3 Å². The second kappa shape index (κ2) is 8.30. The molecule has 0 aromatic heterocycles. The molecule has 0 unspecified atom stereocenters. The van der Waals surface area contributed by atoms with E-state index in [2.05, 4.69) is 16.7 Å². The fraction of sp³-hybridized carbons (Fsp3) is 0.105. The molecule has 0 radical (unpaired) electrons. The van der Waals surface area contributed by atoms with E-state index in [1.165, 1.54) is 6.92 Å². The van der Waals surface area contributed by atoms with Crippen LogP contribution in [-0.2, 0) is 16.0 Å². The van der Waals surface area contributed by atoms with Crippen LogP contribution in [-0.4, -0.2) is 11.8 Å². The fourth-order valence-electron chi connectivity index (χ4n) is 2.06. The molecule has 5 nitrogen and oxygen atoms in total. The maximum atomic E-state index is 12.4. The van der Waals surface area contributed by atoms with Crippen LogP contribution in [0.2, 0.25) is 0 Å². The Balaban J connectivity index is 2.17. The van der Waals surface area contributed by atoms with Gasteiger partial charge in [-0.1, -0.05) is 42.5 Å². The maximum absolute atomic E-state index is 12.4. The molecule has 0 saturated carbocycles. The summed E-state index contributed by atoms with van der Waals surface area (Å²) < 4.78 is 0. The molecule has 2 rings (SSSR count). The molecule has 2 aromatic rings. The van der Waals surface area contributed by atoms with Gasteiger partial charge in [-0.2, -0.15) is 5.26 Å². The van der Waals surface area contributed by atoms with Crippen LogP contribution < -0.4 is 10.6 Å². The smallest absolute Gasteiger partial charge is 0.272 e. The first-order valence-corrected chi connectivity index (χ1v) is 7.40. The third kappa shape index (κ3) is 5.11. The van der Waals surface area contributed by atoms with E-state index in [9.17, 15) is 9.59 Å². The van der Waals surface area contributed by atoms with E-state index in [1.54, 1.807) is 30.3 Å². The van der Waals surface area contributed by atoms with E-state index in [0.29, 0.717) is 12.1 Å². The summed E-state index contributed by atoms with van der Waals surface area (Å²) in [6.07, 6.45) is 1.93. The van der Waals surface area contributed by atoms with Gasteiger partial charge in [-0.15, -0.1) is 0 Å². The Morgan fingerprint density at radius 3 is 2.33 bits per heavy atom. The Bertz CT molecular complexity index is 788. The van der Waals surface area contributed by atoms with E-state index in [1.807, 2.05) is 30.3 Å². The highest BCUT2D eigenvalue weighted by atomic mass is 16.2. The molecule has 0 fully saturated rings. The van der Waals surface area contributed by atoms with Crippen molar-refractivity contribution >= 4 is 23.6 Å². The summed E-state index contributed by atoms with van der Waals surface area (Å²) in [5.41, 5.74) is 2.43. The van der Waals surface area contributed by atoms with Gasteiger partial charge < -0.3 is 10.6 Å². The van der Waals surface area contributed by atoms with Gasteiger partial charge in [-0.3, -0.25) is 9.59 Å². The van der Waals surface area contributed by atoms with Gasteiger partial charge in [-0.25, -0.2) is 0 Å². The second-order valence-corrected chi connectivity index (χ2v) is 5.14. The van der Waals surface area contributed by atoms with Crippen LogP contribution in [0.5, 0.6) is 0 Å². The second-order valence-electron chi connectivity index (χ2n) is 5.14. The molecule has 0 heterocycles. The zero-order valence-corrected chi connectivity index (χ0v) is 13.2. The minimum Gasteiger partial charge on any atom is -0.322 e. The Kier molecular flexibility index (Phi) is 5.87. The lowest BCUT2D eigenvalue weighted by Gasteiger charge is -2.10. The van der Waals surface area contributed by atoms with Crippen molar-refractivity contribution < 1.29 is 9.59 Å². The first-order chi connectivity index (χ1) is 11.6. The molecule has 0 atom stereocenters. The van der Waals surface area contributed by atoms with Crippen LogP contribution >= 0.6 is 0 Å². The number of rotatable bonds is 5. The number of nitrogens with zero attached hydrogens (tertiary/aromatic N) is 1. The highest BCUT2D eigenvalue weighted by Gasteiger charge is 2.11.